The fourth-order valence-electron chi connectivity index (χ4n) is 2.64. The number of rotatable bonds is 3. The molecular formula is C18H17FN2. The van der Waals surface area contributed by atoms with Gasteiger partial charge >= 0.3 is 0 Å². The van der Waals surface area contributed by atoms with Crippen molar-refractivity contribution in [1.29, 1.82) is 0 Å². The Kier molecular flexibility index (Phi) is 3.69. The zero-order valence-electron chi connectivity index (χ0n) is 11.8. The molecule has 106 valence electrons. The second-order valence-electron chi connectivity index (χ2n) is 5.23. The molecule has 0 saturated heterocycles. The minimum absolute atomic E-state index is 0.253. The Bertz CT molecular complexity index is 783. The molecule has 0 spiro atoms. The maximum atomic E-state index is 14.1. The molecule has 0 fully saturated rings. The summed E-state index contributed by atoms with van der Waals surface area (Å²) in [6, 6.07) is 18.8. The smallest absolute Gasteiger partial charge is 0.128 e. The van der Waals surface area contributed by atoms with Crippen molar-refractivity contribution in [3.63, 3.8) is 0 Å². The summed E-state index contributed by atoms with van der Waals surface area (Å²) in [5, 5.41) is 2.27. The Balaban J connectivity index is 2.11. The van der Waals surface area contributed by atoms with Gasteiger partial charge in [-0.3, -0.25) is 5.84 Å². The first-order chi connectivity index (χ1) is 10.2. The average molecular weight is 280 g/mol. The van der Waals surface area contributed by atoms with Crippen LogP contribution in [0.15, 0.2) is 60.7 Å². The van der Waals surface area contributed by atoms with E-state index in [-0.39, 0.29) is 11.9 Å². The van der Waals surface area contributed by atoms with Gasteiger partial charge in [0, 0.05) is 5.56 Å². The fourth-order valence-corrected chi connectivity index (χ4v) is 2.64. The second-order valence-corrected chi connectivity index (χ2v) is 5.23. The molecule has 0 aliphatic rings. The van der Waals surface area contributed by atoms with Gasteiger partial charge in [-0.2, -0.15) is 0 Å². The average Bonchev–Trinajstić information content (AvgIpc) is 2.51. The summed E-state index contributed by atoms with van der Waals surface area (Å²) < 4.78 is 14.1. The van der Waals surface area contributed by atoms with E-state index < -0.39 is 0 Å². The lowest BCUT2D eigenvalue weighted by atomic mass is 9.95. The molecule has 0 saturated carbocycles. The van der Waals surface area contributed by atoms with Gasteiger partial charge in [0.25, 0.3) is 0 Å². The Labute approximate surface area is 123 Å². The topological polar surface area (TPSA) is 38.0 Å². The first-order valence-corrected chi connectivity index (χ1v) is 6.90. The molecule has 21 heavy (non-hydrogen) atoms. The maximum Gasteiger partial charge on any atom is 0.128 e. The number of nitrogens with one attached hydrogen (secondary N) is 1. The third-order valence-corrected chi connectivity index (χ3v) is 3.74. The van der Waals surface area contributed by atoms with Gasteiger partial charge < -0.3 is 0 Å². The highest BCUT2D eigenvalue weighted by molar-refractivity contribution is 5.83. The van der Waals surface area contributed by atoms with Crippen LogP contribution in [0.5, 0.6) is 0 Å². The molecule has 3 heteroatoms. The van der Waals surface area contributed by atoms with Crippen molar-refractivity contribution in [3.05, 3.63) is 83.2 Å². The quantitative estimate of drug-likeness (QED) is 0.565. The molecule has 3 aromatic carbocycles. The van der Waals surface area contributed by atoms with Crippen LogP contribution >= 0.6 is 0 Å². The molecule has 3 aromatic rings. The summed E-state index contributed by atoms with van der Waals surface area (Å²) in [6.07, 6.45) is 0. The van der Waals surface area contributed by atoms with Crippen LogP contribution in [0, 0.1) is 12.7 Å². The van der Waals surface area contributed by atoms with E-state index in [1.165, 1.54) is 6.07 Å². The van der Waals surface area contributed by atoms with Crippen LogP contribution < -0.4 is 11.3 Å². The van der Waals surface area contributed by atoms with Crippen LogP contribution in [-0.2, 0) is 0 Å². The summed E-state index contributed by atoms with van der Waals surface area (Å²) in [5.74, 6) is 5.43. The van der Waals surface area contributed by atoms with Crippen LogP contribution in [0.2, 0.25) is 0 Å². The largest absolute Gasteiger partial charge is 0.271 e. The van der Waals surface area contributed by atoms with Gasteiger partial charge in [-0.15, -0.1) is 0 Å². The van der Waals surface area contributed by atoms with E-state index in [2.05, 4.69) is 11.5 Å². The highest BCUT2D eigenvalue weighted by atomic mass is 19.1. The first-order valence-electron chi connectivity index (χ1n) is 6.90. The monoisotopic (exact) mass is 280 g/mol. The lowest BCUT2D eigenvalue weighted by Crippen LogP contribution is -2.29. The summed E-state index contributed by atoms with van der Waals surface area (Å²) in [7, 11) is 0. The molecule has 0 aliphatic heterocycles. The highest BCUT2D eigenvalue weighted by Crippen LogP contribution is 2.27. The number of benzene rings is 3. The molecule has 0 amide bonds. The van der Waals surface area contributed by atoms with Gasteiger partial charge in [0.15, 0.2) is 0 Å². The van der Waals surface area contributed by atoms with Gasteiger partial charge in [0.05, 0.1) is 6.04 Å². The molecule has 0 heterocycles. The number of hydrogen-bond donors (Lipinski definition) is 2. The van der Waals surface area contributed by atoms with Crippen molar-refractivity contribution in [2.45, 2.75) is 13.0 Å². The predicted octanol–water partition coefficient (Wildman–Crippen LogP) is 3.84. The van der Waals surface area contributed by atoms with Crippen molar-refractivity contribution >= 4 is 10.8 Å². The van der Waals surface area contributed by atoms with Crippen LogP contribution in [0.1, 0.15) is 22.7 Å². The van der Waals surface area contributed by atoms with E-state index in [0.29, 0.717) is 5.56 Å². The molecule has 0 aromatic heterocycles. The number of fused-ring (bicyclic) bond motifs is 1. The standard InChI is InChI=1S/C18H17FN2/c1-12-6-9-17(19)16(10-12)18(21-20)15-8-7-13-4-2-3-5-14(13)11-15/h2-11,18,21H,20H2,1H3. The van der Waals surface area contributed by atoms with Crippen molar-refractivity contribution < 1.29 is 4.39 Å². The van der Waals surface area contributed by atoms with E-state index in [0.717, 1.165) is 21.9 Å². The Morgan fingerprint density at radius 1 is 0.952 bits per heavy atom. The van der Waals surface area contributed by atoms with E-state index in [1.54, 1.807) is 6.07 Å². The van der Waals surface area contributed by atoms with Gasteiger partial charge in [-0.05, 0) is 35.4 Å². The molecule has 1 unspecified atom stereocenters. The molecule has 0 bridgehead atoms. The second kappa shape index (κ2) is 5.64. The summed E-state index contributed by atoms with van der Waals surface area (Å²) in [4.78, 5) is 0. The number of halogens is 1. The normalized spacial score (nSPS) is 12.5. The van der Waals surface area contributed by atoms with E-state index >= 15 is 0 Å². The molecule has 3 rings (SSSR count). The minimum atomic E-state index is -0.366. The van der Waals surface area contributed by atoms with E-state index in [9.17, 15) is 4.39 Å². The molecule has 2 nitrogen and oxygen atoms in total. The van der Waals surface area contributed by atoms with E-state index in [4.69, 9.17) is 5.84 Å². The fraction of sp³-hybridized carbons (Fsp3) is 0.111. The van der Waals surface area contributed by atoms with Gasteiger partial charge in [-0.25, -0.2) is 9.82 Å². The van der Waals surface area contributed by atoms with Gasteiger partial charge in [-0.1, -0.05) is 54.1 Å². The predicted molar refractivity (Wildman–Crippen MR) is 84.3 cm³/mol. The van der Waals surface area contributed by atoms with Crippen molar-refractivity contribution in [3.8, 4) is 0 Å². The highest BCUT2D eigenvalue weighted by Gasteiger charge is 2.17. The SMILES string of the molecule is Cc1ccc(F)c(C(NN)c2ccc3ccccc3c2)c1. The van der Waals surface area contributed by atoms with Gasteiger partial charge in [0.1, 0.15) is 5.82 Å². The Hall–Kier alpha value is -2.23. The van der Waals surface area contributed by atoms with Crippen molar-refractivity contribution in [1.82, 2.24) is 5.43 Å². The molecule has 0 radical (unpaired) electrons. The number of nitrogens with two attached hydrogens (primary N) is 1. The first kappa shape index (κ1) is 13.7. The zero-order chi connectivity index (χ0) is 14.8. The molecular weight excluding hydrogens is 263 g/mol. The zero-order valence-corrected chi connectivity index (χ0v) is 11.8. The lowest BCUT2D eigenvalue weighted by Gasteiger charge is -2.18. The number of hydrazine groups is 1. The third kappa shape index (κ3) is 2.66. The molecule has 0 aliphatic carbocycles. The Morgan fingerprint density at radius 2 is 1.71 bits per heavy atom. The summed E-state index contributed by atoms with van der Waals surface area (Å²) in [6.45, 7) is 1.94. The minimum Gasteiger partial charge on any atom is -0.271 e. The third-order valence-electron chi connectivity index (χ3n) is 3.74. The van der Waals surface area contributed by atoms with Crippen molar-refractivity contribution in [2.75, 3.05) is 0 Å². The molecule has 3 N–H and O–H groups in total. The number of hydrogen-bond acceptors (Lipinski definition) is 2. The van der Waals surface area contributed by atoms with Crippen LogP contribution in [-0.4, -0.2) is 0 Å². The Morgan fingerprint density at radius 3 is 2.48 bits per heavy atom. The van der Waals surface area contributed by atoms with Crippen molar-refractivity contribution in [2.24, 2.45) is 5.84 Å². The van der Waals surface area contributed by atoms with Gasteiger partial charge in [0.2, 0.25) is 0 Å². The van der Waals surface area contributed by atoms with E-state index in [1.807, 2.05) is 49.4 Å². The molecule has 1 atom stereocenters. The maximum absolute atomic E-state index is 14.1. The number of aryl methyl sites for hydroxylation is 1. The van der Waals surface area contributed by atoms with Crippen LogP contribution in [0.4, 0.5) is 4.39 Å². The summed E-state index contributed by atoms with van der Waals surface area (Å²) >= 11 is 0. The van der Waals surface area contributed by atoms with Crippen LogP contribution in [0.3, 0.4) is 0 Å². The summed E-state index contributed by atoms with van der Waals surface area (Å²) in [5.41, 5.74) is 5.24. The lowest BCUT2D eigenvalue weighted by molar-refractivity contribution is 0.560. The van der Waals surface area contributed by atoms with Crippen LogP contribution in [0.25, 0.3) is 10.8 Å².